The molecule has 0 atom stereocenters. The molecule has 0 fully saturated rings. The van der Waals surface area contributed by atoms with E-state index in [0.29, 0.717) is 18.1 Å². The molecule has 0 aliphatic carbocycles. The summed E-state index contributed by atoms with van der Waals surface area (Å²) in [6.07, 6.45) is 4.07. The van der Waals surface area contributed by atoms with Crippen molar-refractivity contribution < 1.29 is 19.0 Å². The Morgan fingerprint density at radius 1 is 1.17 bits per heavy atom. The highest BCUT2D eigenvalue weighted by molar-refractivity contribution is 6.02. The van der Waals surface area contributed by atoms with Gasteiger partial charge in [-0.25, -0.2) is 0 Å². The third-order valence-corrected chi connectivity index (χ3v) is 3.81. The number of hydrogen-bond acceptors (Lipinski definition) is 4. The summed E-state index contributed by atoms with van der Waals surface area (Å²) in [5, 5.41) is 2.86. The number of methoxy groups -OCH3 is 2. The van der Waals surface area contributed by atoms with Crippen LogP contribution in [0.3, 0.4) is 0 Å². The van der Waals surface area contributed by atoms with Gasteiger partial charge < -0.3 is 19.5 Å². The van der Waals surface area contributed by atoms with Crippen LogP contribution in [0.15, 0.2) is 42.5 Å². The summed E-state index contributed by atoms with van der Waals surface area (Å²) in [4.78, 5) is 12.1. The van der Waals surface area contributed by atoms with Gasteiger partial charge in [0.2, 0.25) is 5.91 Å². The normalized spacial score (nSPS) is 12.6. The zero-order chi connectivity index (χ0) is 16.9. The van der Waals surface area contributed by atoms with Crippen molar-refractivity contribution in [2.75, 3.05) is 26.1 Å². The van der Waals surface area contributed by atoms with E-state index in [9.17, 15) is 4.79 Å². The zero-order valence-electron chi connectivity index (χ0n) is 13.7. The molecule has 1 aliphatic rings. The molecular weight excluding hydrogens is 306 g/mol. The van der Waals surface area contributed by atoms with Crippen LogP contribution in [0.1, 0.15) is 11.1 Å². The molecule has 5 heteroatoms. The summed E-state index contributed by atoms with van der Waals surface area (Å²) < 4.78 is 15.9. The summed E-state index contributed by atoms with van der Waals surface area (Å²) in [6, 6.07) is 11.1. The molecule has 124 valence electrons. The van der Waals surface area contributed by atoms with E-state index >= 15 is 0 Å². The van der Waals surface area contributed by atoms with E-state index in [-0.39, 0.29) is 5.91 Å². The summed E-state index contributed by atoms with van der Waals surface area (Å²) in [6.45, 7) is 0.698. The van der Waals surface area contributed by atoms with Gasteiger partial charge in [0, 0.05) is 29.8 Å². The summed E-state index contributed by atoms with van der Waals surface area (Å²) in [5.74, 6) is 2.04. The number of carbonyl (C=O) groups is 1. The van der Waals surface area contributed by atoms with Gasteiger partial charge in [0.15, 0.2) is 0 Å². The van der Waals surface area contributed by atoms with Gasteiger partial charge >= 0.3 is 0 Å². The number of carbonyl (C=O) groups excluding carboxylic acids is 1. The number of rotatable bonds is 5. The van der Waals surface area contributed by atoms with Crippen molar-refractivity contribution in [3.05, 3.63) is 53.6 Å². The lowest BCUT2D eigenvalue weighted by Crippen LogP contribution is -2.07. The highest BCUT2D eigenvalue weighted by atomic mass is 16.5. The largest absolute Gasteiger partial charge is 0.497 e. The highest BCUT2D eigenvalue weighted by Gasteiger charge is 2.12. The second-order valence-corrected chi connectivity index (χ2v) is 5.35. The lowest BCUT2D eigenvalue weighted by molar-refractivity contribution is -0.111. The molecule has 0 spiro atoms. The van der Waals surface area contributed by atoms with Crippen LogP contribution in [0.5, 0.6) is 17.2 Å². The molecular formula is C19H19NO4. The molecule has 0 aromatic heterocycles. The molecule has 3 rings (SSSR count). The maximum Gasteiger partial charge on any atom is 0.248 e. The molecule has 1 aliphatic heterocycles. The topological polar surface area (TPSA) is 56.8 Å². The molecule has 5 nitrogen and oxygen atoms in total. The van der Waals surface area contributed by atoms with E-state index in [0.717, 1.165) is 29.0 Å². The van der Waals surface area contributed by atoms with Gasteiger partial charge in [-0.05, 0) is 42.0 Å². The lowest BCUT2D eigenvalue weighted by Gasteiger charge is -2.07. The molecule has 2 aromatic carbocycles. The van der Waals surface area contributed by atoms with Crippen LogP contribution in [-0.4, -0.2) is 26.7 Å². The molecule has 1 amide bonds. The third-order valence-electron chi connectivity index (χ3n) is 3.81. The van der Waals surface area contributed by atoms with Crippen molar-refractivity contribution in [1.82, 2.24) is 0 Å². The second-order valence-electron chi connectivity index (χ2n) is 5.35. The van der Waals surface area contributed by atoms with Crippen molar-refractivity contribution >= 4 is 17.7 Å². The minimum Gasteiger partial charge on any atom is -0.497 e. The van der Waals surface area contributed by atoms with Crippen LogP contribution < -0.4 is 19.5 Å². The Hall–Kier alpha value is -2.95. The van der Waals surface area contributed by atoms with E-state index in [1.807, 2.05) is 30.3 Å². The smallest absolute Gasteiger partial charge is 0.248 e. The first-order valence-corrected chi connectivity index (χ1v) is 7.66. The summed E-state index contributed by atoms with van der Waals surface area (Å²) >= 11 is 0. The molecule has 0 saturated heterocycles. The van der Waals surface area contributed by atoms with Crippen molar-refractivity contribution in [3.63, 3.8) is 0 Å². The van der Waals surface area contributed by atoms with Crippen LogP contribution >= 0.6 is 0 Å². The fraction of sp³-hybridized carbons (Fsp3) is 0.211. The number of hydrogen-bond donors (Lipinski definition) is 1. The van der Waals surface area contributed by atoms with E-state index in [4.69, 9.17) is 14.2 Å². The molecule has 1 N–H and O–H groups in total. The zero-order valence-corrected chi connectivity index (χ0v) is 13.7. The van der Waals surface area contributed by atoms with Crippen LogP contribution in [0, 0.1) is 0 Å². The van der Waals surface area contributed by atoms with E-state index < -0.39 is 0 Å². The number of nitrogens with one attached hydrogen (secondary N) is 1. The lowest BCUT2D eigenvalue weighted by atomic mass is 10.1. The van der Waals surface area contributed by atoms with Crippen molar-refractivity contribution in [1.29, 1.82) is 0 Å². The minimum atomic E-state index is -0.202. The first kappa shape index (κ1) is 15.9. The van der Waals surface area contributed by atoms with Crippen LogP contribution in [0.2, 0.25) is 0 Å². The van der Waals surface area contributed by atoms with E-state index in [2.05, 4.69) is 5.32 Å². The molecule has 0 saturated carbocycles. The molecule has 0 unspecified atom stereocenters. The second kappa shape index (κ2) is 7.08. The standard InChI is InChI=1S/C19H19NO4/c1-22-16-6-3-13(18(12-16)23-2)4-8-19(21)20-15-5-7-17-14(11-15)9-10-24-17/h3-8,11-12H,9-10H2,1-2H3,(H,20,21)/b8-4+. The first-order valence-electron chi connectivity index (χ1n) is 7.66. The van der Waals surface area contributed by atoms with Gasteiger partial charge in [-0.15, -0.1) is 0 Å². The van der Waals surface area contributed by atoms with Gasteiger partial charge in [-0.2, -0.15) is 0 Å². The fourth-order valence-corrected chi connectivity index (χ4v) is 2.57. The van der Waals surface area contributed by atoms with Crippen LogP contribution in [-0.2, 0) is 11.2 Å². The Morgan fingerprint density at radius 2 is 2.04 bits per heavy atom. The number of amides is 1. The molecule has 0 radical (unpaired) electrons. The maximum absolute atomic E-state index is 12.1. The quantitative estimate of drug-likeness (QED) is 0.857. The Labute approximate surface area is 140 Å². The average Bonchev–Trinajstić information content (AvgIpc) is 3.07. The van der Waals surface area contributed by atoms with Gasteiger partial charge in [0.05, 0.1) is 20.8 Å². The Balaban J connectivity index is 1.69. The predicted octanol–water partition coefficient (Wildman–Crippen LogP) is 3.29. The van der Waals surface area contributed by atoms with E-state index in [1.54, 1.807) is 26.4 Å². The number of fused-ring (bicyclic) bond motifs is 1. The number of benzene rings is 2. The predicted molar refractivity (Wildman–Crippen MR) is 92.9 cm³/mol. The maximum atomic E-state index is 12.1. The van der Waals surface area contributed by atoms with Crippen molar-refractivity contribution in [2.24, 2.45) is 0 Å². The van der Waals surface area contributed by atoms with Crippen LogP contribution in [0.25, 0.3) is 6.08 Å². The van der Waals surface area contributed by atoms with Crippen molar-refractivity contribution in [3.8, 4) is 17.2 Å². The summed E-state index contributed by atoms with van der Waals surface area (Å²) in [5.41, 5.74) is 2.68. The highest BCUT2D eigenvalue weighted by Crippen LogP contribution is 2.28. The van der Waals surface area contributed by atoms with Gasteiger partial charge in [-0.1, -0.05) is 0 Å². The number of ether oxygens (including phenoxy) is 3. The van der Waals surface area contributed by atoms with Gasteiger partial charge in [0.25, 0.3) is 0 Å². The molecule has 24 heavy (non-hydrogen) atoms. The Morgan fingerprint density at radius 3 is 2.83 bits per heavy atom. The van der Waals surface area contributed by atoms with Gasteiger partial charge in [-0.3, -0.25) is 4.79 Å². The SMILES string of the molecule is COc1ccc(/C=C/C(=O)Nc2ccc3c(c2)CCO3)c(OC)c1. The average molecular weight is 325 g/mol. The molecule has 0 bridgehead atoms. The number of anilines is 1. The Bertz CT molecular complexity index is 783. The van der Waals surface area contributed by atoms with Crippen LogP contribution in [0.4, 0.5) is 5.69 Å². The van der Waals surface area contributed by atoms with E-state index in [1.165, 1.54) is 6.08 Å². The first-order chi connectivity index (χ1) is 11.7. The van der Waals surface area contributed by atoms with Gasteiger partial charge in [0.1, 0.15) is 17.2 Å². The Kier molecular flexibility index (Phi) is 4.70. The third kappa shape index (κ3) is 3.51. The molecule has 2 aromatic rings. The fourth-order valence-electron chi connectivity index (χ4n) is 2.57. The van der Waals surface area contributed by atoms with Crippen molar-refractivity contribution in [2.45, 2.75) is 6.42 Å². The minimum absolute atomic E-state index is 0.202. The summed E-state index contributed by atoms with van der Waals surface area (Å²) in [7, 11) is 3.18. The molecule has 1 heterocycles. The monoisotopic (exact) mass is 325 g/mol.